The van der Waals surface area contributed by atoms with Crippen LogP contribution in [0.5, 0.6) is 0 Å². The van der Waals surface area contributed by atoms with Gasteiger partial charge in [-0.15, -0.1) is 19.0 Å². The van der Waals surface area contributed by atoms with Crippen LogP contribution in [0.2, 0.25) is 0 Å². The molecule has 2 N–H and O–H groups in total. The highest BCUT2D eigenvalue weighted by Gasteiger charge is 2.16. The van der Waals surface area contributed by atoms with Gasteiger partial charge in [-0.25, -0.2) is 4.39 Å². The number of hydrogen-bond donors (Lipinski definition) is 1. The predicted octanol–water partition coefficient (Wildman–Crippen LogP) is 3.12. The Kier molecular flexibility index (Phi) is 5.78. The molecule has 4 nitrogen and oxygen atoms in total. The molecule has 1 aromatic rings. The van der Waals surface area contributed by atoms with E-state index in [0.717, 1.165) is 17.7 Å². The SMILES string of the molecule is C=C(C)C[C@@H](N)c1cc([N+](=O)[O-])ccc1F.Cl. The Morgan fingerprint density at radius 2 is 2.24 bits per heavy atom. The molecule has 0 unspecified atom stereocenters. The van der Waals surface area contributed by atoms with Crippen molar-refractivity contribution in [2.75, 3.05) is 0 Å². The van der Waals surface area contributed by atoms with E-state index in [-0.39, 0.29) is 23.7 Å². The summed E-state index contributed by atoms with van der Waals surface area (Å²) in [5.74, 6) is -0.528. The molecule has 0 saturated carbocycles. The molecule has 94 valence electrons. The minimum atomic E-state index is -0.600. The summed E-state index contributed by atoms with van der Waals surface area (Å²) >= 11 is 0. The zero-order chi connectivity index (χ0) is 12.3. The maximum Gasteiger partial charge on any atom is 0.269 e. The molecule has 0 aliphatic carbocycles. The highest BCUT2D eigenvalue weighted by molar-refractivity contribution is 5.85. The van der Waals surface area contributed by atoms with E-state index in [9.17, 15) is 14.5 Å². The zero-order valence-corrected chi connectivity index (χ0v) is 10.2. The fraction of sp³-hybridized carbons (Fsp3) is 0.273. The first-order chi connectivity index (χ1) is 7.41. The van der Waals surface area contributed by atoms with E-state index in [4.69, 9.17) is 5.73 Å². The Labute approximate surface area is 105 Å². The smallest absolute Gasteiger partial charge is 0.269 e. The van der Waals surface area contributed by atoms with Crippen molar-refractivity contribution in [1.29, 1.82) is 0 Å². The van der Waals surface area contributed by atoms with Gasteiger partial charge in [0.15, 0.2) is 0 Å². The first-order valence-corrected chi connectivity index (χ1v) is 4.75. The van der Waals surface area contributed by atoms with Crippen LogP contribution >= 0.6 is 12.4 Å². The van der Waals surface area contributed by atoms with Crippen molar-refractivity contribution in [3.8, 4) is 0 Å². The number of rotatable bonds is 4. The summed E-state index contributed by atoms with van der Waals surface area (Å²) in [5.41, 5.74) is 6.54. The van der Waals surface area contributed by atoms with Gasteiger partial charge in [-0.2, -0.15) is 0 Å². The number of halogens is 2. The van der Waals surface area contributed by atoms with Crippen LogP contribution < -0.4 is 5.73 Å². The third kappa shape index (κ3) is 4.13. The monoisotopic (exact) mass is 260 g/mol. The number of nitrogens with two attached hydrogens (primary N) is 1. The van der Waals surface area contributed by atoms with Gasteiger partial charge in [-0.05, 0) is 19.4 Å². The highest BCUT2D eigenvalue weighted by Crippen LogP contribution is 2.24. The molecule has 0 aromatic heterocycles. The van der Waals surface area contributed by atoms with E-state index in [2.05, 4.69) is 6.58 Å². The molecule has 0 spiro atoms. The Morgan fingerprint density at radius 1 is 1.65 bits per heavy atom. The summed E-state index contributed by atoms with van der Waals surface area (Å²) in [6.45, 7) is 5.44. The second-order valence-corrected chi connectivity index (χ2v) is 3.73. The lowest BCUT2D eigenvalue weighted by molar-refractivity contribution is -0.385. The van der Waals surface area contributed by atoms with Crippen molar-refractivity contribution in [2.45, 2.75) is 19.4 Å². The maximum absolute atomic E-state index is 13.4. The van der Waals surface area contributed by atoms with Crippen molar-refractivity contribution in [1.82, 2.24) is 0 Å². The number of nitro benzene ring substituents is 1. The Balaban J connectivity index is 0.00000256. The van der Waals surface area contributed by atoms with Crippen molar-refractivity contribution >= 4 is 18.1 Å². The minimum Gasteiger partial charge on any atom is -0.324 e. The standard InChI is InChI=1S/C11H13FN2O2.ClH/c1-7(2)5-11(13)9-6-8(14(15)16)3-4-10(9)12;/h3-4,6,11H,1,5,13H2,2H3;1H/t11-;/m1./s1. The lowest BCUT2D eigenvalue weighted by atomic mass is 10.0. The van der Waals surface area contributed by atoms with Crippen molar-refractivity contribution < 1.29 is 9.31 Å². The molecule has 0 saturated heterocycles. The van der Waals surface area contributed by atoms with Gasteiger partial charge in [0.2, 0.25) is 0 Å². The minimum absolute atomic E-state index is 0. The first-order valence-electron chi connectivity index (χ1n) is 4.75. The number of non-ortho nitro benzene ring substituents is 1. The molecule has 1 rings (SSSR count). The average Bonchev–Trinajstić information content (AvgIpc) is 2.16. The fourth-order valence-electron chi connectivity index (χ4n) is 1.41. The van der Waals surface area contributed by atoms with E-state index >= 15 is 0 Å². The van der Waals surface area contributed by atoms with E-state index in [1.165, 1.54) is 6.07 Å². The third-order valence-electron chi connectivity index (χ3n) is 2.16. The number of hydrogen-bond acceptors (Lipinski definition) is 3. The number of nitrogens with zero attached hydrogens (tertiary/aromatic N) is 1. The molecule has 0 amide bonds. The second-order valence-electron chi connectivity index (χ2n) is 3.73. The molecule has 1 atom stereocenters. The van der Waals surface area contributed by atoms with Crippen LogP contribution in [-0.2, 0) is 0 Å². The lowest BCUT2D eigenvalue weighted by Crippen LogP contribution is -2.12. The molecule has 6 heteroatoms. The van der Waals surface area contributed by atoms with Gasteiger partial charge in [0, 0.05) is 23.7 Å². The van der Waals surface area contributed by atoms with E-state index in [0.29, 0.717) is 6.42 Å². The van der Waals surface area contributed by atoms with Crippen molar-refractivity contribution in [3.63, 3.8) is 0 Å². The fourth-order valence-corrected chi connectivity index (χ4v) is 1.41. The molecule has 17 heavy (non-hydrogen) atoms. The molecular weight excluding hydrogens is 247 g/mol. The third-order valence-corrected chi connectivity index (χ3v) is 2.16. The topological polar surface area (TPSA) is 69.2 Å². The summed E-state index contributed by atoms with van der Waals surface area (Å²) < 4.78 is 13.4. The van der Waals surface area contributed by atoms with Crippen molar-refractivity contribution in [3.05, 3.63) is 51.8 Å². The van der Waals surface area contributed by atoms with E-state index in [1.807, 2.05) is 0 Å². The van der Waals surface area contributed by atoms with Crippen LogP contribution in [0.4, 0.5) is 10.1 Å². The van der Waals surface area contributed by atoms with Crippen LogP contribution in [-0.4, -0.2) is 4.92 Å². The van der Waals surface area contributed by atoms with Gasteiger partial charge in [-0.3, -0.25) is 10.1 Å². The summed E-state index contributed by atoms with van der Waals surface area (Å²) in [5, 5.41) is 10.5. The molecule has 0 fully saturated rings. The lowest BCUT2D eigenvalue weighted by Gasteiger charge is -2.12. The van der Waals surface area contributed by atoms with Crippen molar-refractivity contribution in [2.24, 2.45) is 5.73 Å². The van der Waals surface area contributed by atoms with Gasteiger partial charge in [-0.1, -0.05) is 5.57 Å². The van der Waals surface area contributed by atoms with Crippen LogP contribution in [0, 0.1) is 15.9 Å². The molecule has 1 aromatic carbocycles. The first kappa shape index (κ1) is 15.5. The molecule has 0 aliphatic heterocycles. The van der Waals surface area contributed by atoms with Gasteiger partial charge in [0.05, 0.1) is 4.92 Å². The Bertz CT molecular complexity index is 437. The van der Waals surface area contributed by atoms with Crippen LogP contribution in [0.15, 0.2) is 30.4 Å². The predicted molar refractivity (Wildman–Crippen MR) is 66.7 cm³/mol. The normalized spacial score (nSPS) is 11.5. The molecule has 0 aliphatic rings. The van der Waals surface area contributed by atoms with Gasteiger partial charge in [0.25, 0.3) is 5.69 Å². The average molecular weight is 261 g/mol. The molecule has 0 heterocycles. The maximum atomic E-state index is 13.4. The summed E-state index contributed by atoms with van der Waals surface area (Å²) in [4.78, 5) is 9.96. The van der Waals surface area contributed by atoms with E-state index in [1.54, 1.807) is 6.92 Å². The number of nitro groups is 1. The molecule has 0 radical (unpaired) electrons. The summed E-state index contributed by atoms with van der Waals surface area (Å²) in [6, 6.07) is 2.75. The Morgan fingerprint density at radius 3 is 2.71 bits per heavy atom. The van der Waals surface area contributed by atoms with Crippen LogP contribution in [0.25, 0.3) is 0 Å². The quantitative estimate of drug-likeness (QED) is 0.514. The summed E-state index contributed by atoms with van der Waals surface area (Å²) in [7, 11) is 0. The van der Waals surface area contributed by atoms with Crippen LogP contribution in [0.3, 0.4) is 0 Å². The van der Waals surface area contributed by atoms with Gasteiger partial charge in [0.1, 0.15) is 5.82 Å². The second kappa shape index (κ2) is 6.32. The van der Waals surface area contributed by atoms with E-state index < -0.39 is 16.8 Å². The molecular formula is C11H14ClFN2O2. The van der Waals surface area contributed by atoms with Gasteiger partial charge >= 0.3 is 0 Å². The largest absolute Gasteiger partial charge is 0.324 e. The summed E-state index contributed by atoms with van der Waals surface area (Å²) in [6.07, 6.45) is 0.401. The molecule has 0 bridgehead atoms. The van der Waals surface area contributed by atoms with Crippen LogP contribution in [0.1, 0.15) is 24.9 Å². The Hall–Kier alpha value is -1.46. The van der Waals surface area contributed by atoms with Gasteiger partial charge < -0.3 is 5.73 Å². The zero-order valence-electron chi connectivity index (χ0n) is 9.35. The highest BCUT2D eigenvalue weighted by atomic mass is 35.5. The number of benzene rings is 1.